The third-order valence-electron chi connectivity index (χ3n) is 6.20. The van der Waals surface area contributed by atoms with Gasteiger partial charge in [-0.05, 0) is 48.9 Å². The lowest BCUT2D eigenvalue weighted by Crippen LogP contribution is -2.11. The maximum Gasteiger partial charge on any atom is 0.255 e. The Morgan fingerprint density at radius 3 is 2.30 bits per heavy atom. The minimum atomic E-state index is -0.171. The molecule has 0 spiro atoms. The predicted octanol–water partition coefficient (Wildman–Crippen LogP) is 5.81. The number of nitrogens with one attached hydrogen (secondary N) is 3. The van der Waals surface area contributed by atoms with Gasteiger partial charge in [0.2, 0.25) is 0 Å². The van der Waals surface area contributed by atoms with E-state index in [1.165, 1.54) is 0 Å². The molecular formula is C29H27N5O3. The normalized spacial score (nSPS) is 10.8. The van der Waals surface area contributed by atoms with Crippen LogP contribution in [0.25, 0.3) is 22.2 Å². The molecule has 0 aliphatic heterocycles. The number of aromatic nitrogens is 3. The van der Waals surface area contributed by atoms with E-state index in [1.807, 2.05) is 73.8 Å². The summed E-state index contributed by atoms with van der Waals surface area (Å²) in [7, 11) is 3.27. The van der Waals surface area contributed by atoms with Crippen molar-refractivity contribution in [3.8, 4) is 22.8 Å². The van der Waals surface area contributed by atoms with Gasteiger partial charge in [0.1, 0.15) is 23.0 Å². The first kappa shape index (κ1) is 23.9. The van der Waals surface area contributed by atoms with Crippen molar-refractivity contribution in [1.29, 1.82) is 0 Å². The van der Waals surface area contributed by atoms with Gasteiger partial charge in [-0.3, -0.25) is 9.89 Å². The Kier molecular flexibility index (Phi) is 6.72. The number of aromatic amines is 1. The van der Waals surface area contributed by atoms with E-state index in [0.717, 1.165) is 50.5 Å². The lowest BCUT2D eigenvalue weighted by Gasteiger charge is -2.15. The summed E-state index contributed by atoms with van der Waals surface area (Å²) in [6.45, 7) is 2.43. The standard InChI is InChI=1S/C29H27N5O3/c1-18-16-30-28(31-17-22-23(36-2)10-7-11-24(22)37-3)25-26(18)33-34-27(25)19-12-14-20(15-13-19)29(35)32-21-8-5-4-6-9-21/h4-16H,17H2,1-3H3,(H,30,31)(H,32,35)(H,33,34). The molecule has 5 aromatic rings. The van der Waals surface area contributed by atoms with Crippen LogP contribution in [0.4, 0.5) is 11.5 Å². The molecule has 0 radical (unpaired) electrons. The fourth-order valence-corrected chi connectivity index (χ4v) is 4.27. The van der Waals surface area contributed by atoms with Gasteiger partial charge in [0, 0.05) is 29.6 Å². The Morgan fingerprint density at radius 2 is 1.62 bits per heavy atom. The smallest absolute Gasteiger partial charge is 0.255 e. The molecule has 3 aromatic carbocycles. The highest BCUT2D eigenvalue weighted by molar-refractivity contribution is 6.05. The van der Waals surface area contributed by atoms with Crippen molar-refractivity contribution in [2.75, 3.05) is 24.9 Å². The van der Waals surface area contributed by atoms with Crippen LogP contribution in [-0.4, -0.2) is 35.3 Å². The Morgan fingerprint density at radius 1 is 0.919 bits per heavy atom. The van der Waals surface area contributed by atoms with Crippen molar-refractivity contribution >= 4 is 28.3 Å². The zero-order valence-corrected chi connectivity index (χ0v) is 20.8. The van der Waals surface area contributed by atoms with Crippen molar-refractivity contribution in [2.24, 2.45) is 0 Å². The highest BCUT2D eigenvalue weighted by atomic mass is 16.5. The Bertz CT molecular complexity index is 1520. The van der Waals surface area contributed by atoms with Gasteiger partial charge < -0.3 is 20.1 Å². The van der Waals surface area contributed by atoms with Crippen LogP contribution in [0, 0.1) is 6.92 Å². The number of nitrogens with zero attached hydrogens (tertiary/aromatic N) is 2. The maximum absolute atomic E-state index is 12.7. The van der Waals surface area contributed by atoms with Gasteiger partial charge in [-0.15, -0.1) is 0 Å². The molecule has 0 saturated carbocycles. The zero-order chi connectivity index (χ0) is 25.8. The van der Waals surface area contributed by atoms with E-state index in [1.54, 1.807) is 26.4 Å². The van der Waals surface area contributed by atoms with Crippen molar-refractivity contribution in [3.63, 3.8) is 0 Å². The van der Waals surface area contributed by atoms with Crippen molar-refractivity contribution in [3.05, 3.63) is 95.7 Å². The molecule has 2 heterocycles. The van der Waals surface area contributed by atoms with Crippen LogP contribution in [0.15, 0.2) is 79.0 Å². The first-order valence-electron chi connectivity index (χ1n) is 11.8. The van der Waals surface area contributed by atoms with Crippen LogP contribution < -0.4 is 20.1 Å². The molecule has 0 aliphatic carbocycles. The summed E-state index contributed by atoms with van der Waals surface area (Å²) in [5.41, 5.74) is 5.69. The van der Waals surface area contributed by atoms with Gasteiger partial charge >= 0.3 is 0 Å². The third-order valence-corrected chi connectivity index (χ3v) is 6.20. The summed E-state index contributed by atoms with van der Waals surface area (Å²) < 4.78 is 11.1. The minimum absolute atomic E-state index is 0.171. The molecular weight excluding hydrogens is 466 g/mol. The second-order valence-electron chi connectivity index (χ2n) is 8.50. The number of aryl methyl sites for hydroxylation is 1. The van der Waals surface area contributed by atoms with Crippen LogP contribution in [0.2, 0.25) is 0 Å². The van der Waals surface area contributed by atoms with Crippen molar-refractivity contribution in [2.45, 2.75) is 13.5 Å². The summed E-state index contributed by atoms with van der Waals surface area (Å²) in [6, 6.07) is 22.4. The number of hydrogen-bond donors (Lipinski definition) is 3. The average molecular weight is 494 g/mol. The molecule has 3 N–H and O–H groups in total. The van der Waals surface area contributed by atoms with Gasteiger partial charge in [-0.2, -0.15) is 5.10 Å². The number of ether oxygens (including phenoxy) is 2. The van der Waals surface area contributed by atoms with Crippen LogP contribution in [0.1, 0.15) is 21.5 Å². The van der Waals surface area contributed by atoms with Crippen LogP contribution in [-0.2, 0) is 6.54 Å². The van der Waals surface area contributed by atoms with Crippen LogP contribution >= 0.6 is 0 Å². The van der Waals surface area contributed by atoms with Gasteiger partial charge in [0.05, 0.1) is 30.7 Å². The molecule has 1 amide bonds. The van der Waals surface area contributed by atoms with E-state index in [9.17, 15) is 4.79 Å². The third kappa shape index (κ3) is 4.81. The highest BCUT2D eigenvalue weighted by Crippen LogP contribution is 2.34. The Balaban J connectivity index is 1.45. The number of rotatable bonds is 8. The molecule has 8 nitrogen and oxygen atoms in total. The van der Waals surface area contributed by atoms with E-state index in [4.69, 9.17) is 9.47 Å². The van der Waals surface area contributed by atoms with E-state index in [-0.39, 0.29) is 5.91 Å². The number of hydrogen-bond acceptors (Lipinski definition) is 6. The molecule has 2 aromatic heterocycles. The highest BCUT2D eigenvalue weighted by Gasteiger charge is 2.17. The average Bonchev–Trinajstić information content (AvgIpc) is 3.39. The van der Waals surface area contributed by atoms with E-state index in [0.29, 0.717) is 17.9 Å². The molecule has 0 aliphatic rings. The first-order chi connectivity index (χ1) is 18.1. The fourth-order valence-electron chi connectivity index (χ4n) is 4.27. The largest absolute Gasteiger partial charge is 0.496 e. The lowest BCUT2D eigenvalue weighted by molar-refractivity contribution is 0.102. The number of amides is 1. The maximum atomic E-state index is 12.7. The van der Waals surface area contributed by atoms with Gasteiger partial charge in [-0.1, -0.05) is 36.4 Å². The van der Waals surface area contributed by atoms with Crippen LogP contribution in [0.3, 0.4) is 0 Å². The number of carbonyl (C=O) groups is 1. The summed E-state index contributed by atoms with van der Waals surface area (Å²) >= 11 is 0. The number of benzene rings is 3. The Hall–Kier alpha value is -4.85. The number of para-hydroxylation sites is 1. The topological polar surface area (TPSA) is 101 Å². The second kappa shape index (κ2) is 10.4. The summed E-state index contributed by atoms with van der Waals surface area (Å²) in [5, 5.41) is 15.0. The fraction of sp³-hybridized carbons (Fsp3) is 0.138. The lowest BCUT2D eigenvalue weighted by atomic mass is 10.0. The monoisotopic (exact) mass is 493 g/mol. The molecule has 5 rings (SSSR count). The number of fused-ring (bicyclic) bond motifs is 1. The van der Waals surface area contributed by atoms with Crippen molar-refractivity contribution in [1.82, 2.24) is 15.2 Å². The number of carbonyl (C=O) groups excluding carboxylic acids is 1. The number of anilines is 2. The molecule has 0 saturated heterocycles. The first-order valence-corrected chi connectivity index (χ1v) is 11.8. The van der Waals surface area contributed by atoms with Gasteiger partial charge in [-0.25, -0.2) is 4.98 Å². The summed E-state index contributed by atoms with van der Waals surface area (Å²) in [4.78, 5) is 17.3. The molecule has 0 bridgehead atoms. The molecule has 37 heavy (non-hydrogen) atoms. The molecule has 0 fully saturated rings. The zero-order valence-electron chi connectivity index (χ0n) is 20.8. The predicted molar refractivity (Wildman–Crippen MR) is 145 cm³/mol. The van der Waals surface area contributed by atoms with E-state index >= 15 is 0 Å². The number of pyridine rings is 1. The SMILES string of the molecule is COc1cccc(OC)c1CNc1ncc(C)c2[nH]nc(-c3ccc(C(=O)Nc4ccccc4)cc3)c12. The van der Waals surface area contributed by atoms with Gasteiger partial charge in [0.25, 0.3) is 5.91 Å². The summed E-state index contributed by atoms with van der Waals surface area (Å²) in [6.07, 6.45) is 1.81. The number of methoxy groups -OCH3 is 2. The van der Waals surface area contributed by atoms with Crippen LogP contribution in [0.5, 0.6) is 11.5 Å². The van der Waals surface area contributed by atoms with Crippen molar-refractivity contribution < 1.29 is 14.3 Å². The molecule has 0 atom stereocenters. The summed E-state index contributed by atoms with van der Waals surface area (Å²) in [5.74, 6) is 1.97. The Labute approximate surface area is 214 Å². The molecule has 186 valence electrons. The van der Waals surface area contributed by atoms with E-state index in [2.05, 4.69) is 25.8 Å². The minimum Gasteiger partial charge on any atom is -0.496 e. The second-order valence-corrected chi connectivity index (χ2v) is 8.50. The molecule has 8 heteroatoms. The van der Waals surface area contributed by atoms with E-state index < -0.39 is 0 Å². The van der Waals surface area contributed by atoms with Gasteiger partial charge in [0.15, 0.2) is 0 Å². The molecule has 0 unspecified atom stereocenters. The quantitative estimate of drug-likeness (QED) is 0.252. The number of H-pyrrole nitrogens is 1.